The smallest absolute Gasteiger partial charge is 0.190 e. The van der Waals surface area contributed by atoms with Crippen LogP contribution in [0.15, 0.2) is 6.20 Å². The maximum atomic E-state index is 12.2. The lowest BCUT2D eigenvalue weighted by molar-refractivity contribution is 0.0886. The van der Waals surface area contributed by atoms with Crippen LogP contribution in [0.3, 0.4) is 0 Å². The second kappa shape index (κ2) is 4.65. The van der Waals surface area contributed by atoms with Crippen molar-refractivity contribution >= 4 is 5.78 Å². The van der Waals surface area contributed by atoms with Crippen LogP contribution in [-0.4, -0.2) is 35.9 Å². The van der Waals surface area contributed by atoms with E-state index >= 15 is 0 Å². The molecule has 1 aromatic heterocycles. The normalized spacial score (nSPS) is 20.0. The first-order valence-electron chi connectivity index (χ1n) is 5.49. The van der Waals surface area contributed by atoms with Gasteiger partial charge in [0.15, 0.2) is 11.5 Å². The number of carbonyl (C=O) groups is 1. The Morgan fingerprint density at radius 3 is 3.12 bits per heavy atom. The highest BCUT2D eigenvalue weighted by molar-refractivity contribution is 5.99. The fourth-order valence-electron chi connectivity index (χ4n) is 1.94. The van der Waals surface area contributed by atoms with Gasteiger partial charge in [0.2, 0.25) is 0 Å². The number of aromatic nitrogens is 2. The molecule has 16 heavy (non-hydrogen) atoms. The molecule has 0 radical (unpaired) electrons. The molecule has 2 rings (SSSR count). The number of carbonyl (C=O) groups excluding carboxylic acids is 1. The van der Waals surface area contributed by atoms with Crippen LogP contribution in [0.2, 0.25) is 0 Å². The molecule has 1 aliphatic heterocycles. The summed E-state index contributed by atoms with van der Waals surface area (Å²) in [5.41, 5.74) is 0.570. The van der Waals surface area contributed by atoms with Crippen LogP contribution in [0.1, 0.15) is 23.8 Å². The van der Waals surface area contributed by atoms with E-state index in [0.717, 1.165) is 6.42 Å². The van der Waals surface area contributed by atoms with Gasteiger partial charge in [-0.05, 0) is 13.3 Å². The second-order valence-corrected chi connectivity index (χ2v) is 3.80. The van der Waals surface area contributed by atoms with E-state index in [1.165, 1.54) is 0 Å². The van der Waals surface area contributed by atoms with Crippen molar-refractivity contribution in [2.45, 2.75) is 19.9 Å². The summed E-state index contributed by atoms with van der Waals surface area (Å²) in [6.07, 6.45) is 2.38. The molecule has 0 N–H and O–H groups in total. The molecule has 0 saturated carbocycles. The number of Topliss-reactive ketones (excluding diaryl/α,β-unsaturated/α-hetero) is 1. The van der Waals surface area contributed by atoms with Gasteiger partial charge in [-0.2, -0.15) is 5.10 Å². The van der Waals surface area contributed by atoms with Gasteiger partial charge >= 0.3 is 0 Å². The van der Waals surface area contributed by atoms with E-state index < -0.39 is 0 Å². The molecule has 0 spiro atoms. The van der Waals surface area contributed by atoms with E-state index in [0.29, 0.717) is 31.2 Å². The zero-order valence-electron chi connectivity index (χ0n) is 9.60. The van der Waals surface area contributed by atoms with E-state index in [1.54, 1.807) is 18.0 Å². The molecule has 0 aliphatic carbocycles. The summed E-state index contributed by atoms with van der Waals surface area (Å²) < 4.78 is 12.1. The van der Waals surface area contributed by atoms with Crippen molar-refractivity contribution in [2.75, 3.05) is 20.3 Å². The molecule has 1 atom stereocenters. The third kappa shape index (κ3) is 1.82. The Labute approximate surface area is 94.3 Å². The topological polar surface area (TPSA) is 53.4 Å². The number of methoxy groups -OCH3 is 1. The van der Waals surface area contributed by atoms with Crippen molar-refractivity contribution < 1.29 is 14.3 Å². The Kier molecular flexibility index (Phi) is 3.24. The summed E-state index contributed by atoms with van der Waals surface area (Å²) in [6, 6.07) is 0. The number of hydrogen-bond acceptors (Lipinski definition) is 4. The molecule has 0 amide bonds. The van der Waals surface area contributed by atoms with Gasteiger partial charge in [-0.3, -0.25) is 9.48 Å². The Hall–Kier alpha value is -1.36. The predicted octanol–water partition coefficient (Wildman–Crippen LogP) is 1.13. The molecular formula is C11H16N2O3. The van der Waals surface area contributed by atoms with E-state index in [4.69, 9.17) is 9.47 Å². The number of ether oxygens (including phenoxy) is 2. The maximum absolute atomic E-state index is 12.2. The summed E-state index contributed by atoms with van der Waals surface area (Å²) in [6.45, 7) is 3.79. The minimum absolute atomic E-state index is 0.0455. The lowest BCUT2D eigenvalue weighted by Crippen LogP contribution is -2.19. The average Bonchev–Trinajstić information content (AvgIpc) is 2.96. The Balaban J connectivity index is 2.29. The first-order chi connectivity index (χ1) is 7.77. The number of rotatable bonds is 4. The highest BCUT2D eigenvalue weighted by Gasteiger charge is 2.29. The molecule has 0 aromatic carbocycles. The van der Waals surface area contributed by atoms with Gasteiger partial charge in [0.05, 0.1) is 19.9 Å². The van der Waals surface area contributed by atoms with Crippen LogP contribution in [0.5, 0.6) is 5.75 Å². The standard InChI is InChI=1S/C11H16N2O3/c1-3-13-10(9(15-2)6-12-13)11(14)8-4-5-16-7-8/h6,8H,3-5,7H2,1-2H3. The molecule has 5 heteroatoms. The Morgan fingerprint density at radius 2 is 2.56 bits per heavy atom. The average molecular weight is 224 g/mol. The minimum atomic E-state index is -0.0455. The fraction of sp³-hybridized carbons (Fsp3) is 0.636. The van der Waals surface area contributed by atoms with Gasteiger partial charge in [-0.1, -0.05) is 0 Å². The van der Waals surface area contributed by atoms with Crippen molar-refractivity contribution in [2.24, 2.45) is 5.92 Å². The first-order valence-corrected chi connectivity index (χ1v) is 5.49. The van der Waals surface area contributed by atoms with Crippen LogP contribution in [0, 0.1) is 5.92 Å². The first kappa shape index (κ1) is 11.1. The third-order valence-corrected chi connectivity index (χ3v) is 2.86. The largest absolute Gasteiger partial charge is 0.493 e. The molecule has 88 valence electrons. The molecule has 1 unspecified atom stereocenters. The molecular weight excluding hydrogens is 208 g/mol. The summed E-state index contributed by atoms with van der Waals surface area (Å²) in [5, 5.41) is 4.13. The lowest BCUT2D eigenvalue weighted by atomic mass is 10.0. The Morgan fingerprint density at radius 1 is 1.75 bits per heavy atom. The van der Waals surface area contributed by atoms with E-state index in [2.05, 4.69) is 5.10 Å². The zero-order valence-corrected chi connectivity index (χ0v) is 9.60. The van der Waals surface area contributed by atoms with Crippen LogP contribution < -0.4 is 4.74 Å². The van der Waals surface area contributed by atoms with Crippen LogP contribution >= 0.6 is 0 Å². The van der Waals surface area contributed by atoms with Crippen molar-refractivity contribution in [3.63, 3.8) is 0 Å². The van der Waals surface area contributed by atoms with Crippen molar-refractivity contribution in [3.05, 3.63) is 11.9 Å². The molecule has 1 fully saturated rings. The molecule has 1 aromatic rings. The molecule has 0 bridgehead atoms. The summed E-state index contributed by atoms with van der Waals surface area (Å²) >= 11 is 0. The summed E-state index contributed by atoms with van der Waals surface area (Å²) in [7, 11) is 1.55. The quantitative estimate of drug-likeness (QED) is 0.719. The lowest BCUT2D eigenvalue weighted by Gasteiger charge is -2.09. The number of ketones is 1. The molecule has 1 saturated heterocycles. The fourth-order valence-corrected chi connectivity index (χ4v) is 1.94. The van der Waals surface area contributed by atoms with Gasteiger partial charge in [0.1, 0.15) is 5.69 Å². The number of hydrogen-bond donors (Lipinski definition) is 0. The summed E-state index contributed by atoms with van der Waals surface area (Å²) in [4.78, 5) is 12.2. The minimum Gasteiger partial charge on any atom is -0.493 e. The van der Waals surface area contributed by atoms with Crippen LogP contribution in [0.25, 0.3) is 0 Å². The van der Waals surface area contributed by atoms with Crippen LogP contribution in [0.4, 0.5) is 0 Å². The zero-order chi connectivity index (χ0) is 11.5. The maximum Gasteiger partial charge on any atom is 0.190 e. The highest BCUT2D eigenvalue weighted by atomic mass is 16.5. The van der Waals surface area contributed by atoms with Crippen molar-refractivity contribution in [3.8, 4) is 5.75 Å². The van der Waals surface area contributed by atoms with E-state index in [1.807, 2.05) is 6.92 Å². The van der Waals surface area contributed by atoms with Crippen molar-refractivity contribution in [1.82, 2.24) is 9.78 Å². The van der Waals surface area contributed by atoms with E-state index in [-0.39, 0.29) is 11.7 Å². The number of aryl methyl sites for hydroxylation is 1. The van der Waals surface area contributed by atoms with Crippen molar-refractivity contribution in [1.29, 1.82) is 0 Å². The third-order valence-electron chi connectivity index (χ3n) is 2.86. The summed E-state index contributed by atoms with van der Waals surface area (Å²) in [5.74, 6) is 0.586. The van der Waals surface area contributed by atoms with Gasteiger partial charge in [0.25, 0.3) is 0 Å². The van der Waals surface area contributed by atoms with Crippen LogP contribution in [-0.2, 0) is 11.3 Å². The molecule has 5 nitrogen and oxygen atoms in total. The SMILES string of the molecule is CCn1ncc(OC)c1C(=O)C1CCOC1. The molecule has 1 aliphatic rings. The Bertz CT molecular complexity index is 359. The van der Waals surface area contributed by atoms with E-state index in [9.17, 15) is 4.79 Å². The van der Waals surface area contributed by atoms with Gasteiger partial charge in [-0.15, -0.1) is 0 Å². The van der Waals surface area contributed by atoms with Gasteiger partial charge in [-0.25, -0.2) is 0 Å². The van der Waals surface area contributed by atoms with Gasteiger partial charge < -0.3 is 9.47 Å². The monoisotopic (exact) mass is 224 g/mol. The predicted molar refractivity (Wildman–Crippen MR) is 57.7 cm³/mol. The highest BCUT2D eigenvalue weighted by Crippen LogP contribution is 2.25. The number of nitrogens with zero attached hydrogens (tertiary/aromatic N) is 2. The van der Waals surface area contributed by atoms with Gasteiger partial charge in [0, 0.05) is 19.1 Å². The molecule has 2 heterocycles. The second-order valence-electron chi connectivity index (χ2n) is 3.80.